The molecule has 0 heterocycles. The highest BCUT2D eigenvalue weighted by atomic mass is 31.2. The number of hydrogen-bond donors (Lipinski definition) is 7. The largest absolute Gasteiger partial charge is 0.472 e. The van der Waals surface area contributed by atoms with Crippen LogP contribution in [0.5, 0.6) is 0 Å². The number of ether oxygens (including phenoxy) is 2. The van der Waals surface area contributed by atoms with Gasteiger partial charge < -0.3 is 44.6 Å². The number of unbranched alkanes of at least 4 members (excludes halogenated alkanes) is 8. The molecule has 1 rings (SSSR count). The molecule has 368 valence electrons. The normalized spacial score (nSPS) is 21.0. The van der Waals surface area contributed by atoms with Crippen molar-refractivity contribution < 1.29 is 76.9 Å². The molecule has 1 aliphatic rings. The lowest BCUT2D eigenvalue weighted by molar-refractivity contribution is -0.160. The summed E-state index contributed by atoms with van der Waals surface area (Å²) in [5.74, 6) is -2.13. The zero-order valence-corrected chi connectivity index (χ0v) is 39.7. The molecule has 0 bridgehead atoms. The minimum absolute atomic E-state index is 0.0881. The lowest BCUT2D eigenvalue weighted by Crippen LogP contribution is -2.29. The molecule has 0 aliphatic heterocycles. The lowest BCUT2D eigenvalue weighted by Gasteiger charge is -2.20. The fourth-order valence-electron chi connectivity index (χ4n) is 6.60. The molecule has 0 spiro atoms. The molecule has 0 radical (unpaired) electrons. The van der Waals surface area contributed by atoms with Gasteiger partial charge in [-0.25, -0.2) is 9.13 Å². The van der Waals surface area contributed by atoms with E-state index in [1.165, 1.54) is 25.3 Å². The molecule has 0 aromatic carbocycles. The van der Waals surface area contributed by atoms with Gasteiger partial charge in [0.05, 0.1) is 44.6 Å². The van der Waals surface area contributed by atoms with Gasteiger partial charge in [0.15, 0.2) is 6.10 Å². The Hall–Kier alpha value is -2.56. The number of phosphoric acid groups is 2. The van der Waals surface area contributed by atoms with Gasteiger partial charge in [-0.2, -0.15) is 0 Å². The molecule has 16 nitrogen and oxygen atoms in total. The standard InChI is InChI=1S/C46H78O16P2/c1-3-5-7-8-9-10-11-12-13-14-15-16-17-18-19-20-21-22-24-29-45(51)58-36-40(37-61-64(56,57)60-35-39(48)34-59-63(53,54)55)62-46(52)30-26-25-28-41-42(44(50)33-43(41)49)32-31-38(47)27-23-6-4-2/h9-10,12-13,15-16,18-19,25-26,31-32,38-44,47-50H,3-8,11,14,17,20-24,27-30,33-37H2,1-2H3,(H,56,57)(H2,53,54,55)/b10-9-,13-12-,16-15-,19-18-,26-25-,32-31+/t38-,39+,40-,41+,42-,43+,44-/m1/s1. The van der Waals surface area contributed by atoms with E-state index in [9.17, 15) is 44.0 Å². The number of allylic oxidation sites excluding steroid dienone is 9. The number of esters is 2. The highest BCUT2D eigenvalue weighted by Gasteiger charge is 2.39. The molecule has 18 heteroatoms. The van der Waals surface area contributed by atoms with E-state index in [1.54, 1.807) is 18.2 Å². The Balaban J connectivity index is 2.62. The van der Waals surface area contributed by atoms with Crippen molar-refractivity contribution in [1.82, 2.24) is 0 Å². The average molecular weight is 949 g/mol. The van der Waals surface area contributed by atoms with Gasteiger partial charge in [0.1, 0.15) is 12.7 Å². The van der Waals surface area contributed by atoms with Crippen LogP contribution in [0.25, 0.3) is 0 Å². The highest BCUT2D eigenvalue weighted by molar-refractivity contribution is 7.47. The predicted octanol–water partition coefficient (Wildman–Crippen LogP) is 8.16. The number of phosphoric ester groups is 2. The number of carbonyl (C=O) groups excluding carboxylic acids is 2. The quantitative estimate of drug-likeness (QED) is 0.0133. The van der Waals surface area contributed by atoms with E-state index in [0.29, 0.717) is 19.3 Å². The predicted molar refractivity (Wildman–Crippen MR) is 245 cm³/mol. The number of aliphatic hydroxyl groups is 4. The third-order valence-corrected chi connectivity index (χ3v) is 11.6. The molecule has 0 aromatic rings. The Morgan fingerprint density at radius 3 is 1.86 bits per heavy atom. The Kier molecular flexibility index (Phi) is 34.0. The molecule has 0 amide bonds. The van der Waals surface area contributed by atoms with E-state index in [0.717, 1.165) is 64.2 Å². The first kappa shape index (κ1) is 59.5. The van der Waals surface area contributed by atoms with Gasteiger partial charge in [-0.3, -0.25) is 23.2 Å². The number of hydrogen-bond acceptors (Lipinski definition) is 13. The van der Waals surface area contributed by atoms with Crippen LogP contribution in [0.3, 0.4) is 0 Å². The molecule has 8 atom stereocenters. The van der Waals surface area contributed by atoms with Crippen LogP contribution in [0.15, 0.2) is 72.9 Å². The fourth-order valence-corrected chi connectivity index (χ4v) is 7.76. The minimum atomic E-state index is -4.91. The zero-order chi connectivity index (χ0) is 47.5. The second kappa shape index (κ2) is 36.5. The molecule has 0 saturated heterocycles. The lowest BCUT2D eigenvalue weighted by atomic mass is 9.89. The Labute approximate surface area is 381 Å². The minimum Gasteiger partial charge on any atom is -0.462 e. The van der Waals surface area contributed by atoms with Crippen LogP contribution >= 0.6 is 15.6 Å². The van der Waals surface area contributed by atoms with Gasteiger partial charge in [0.2, 0.25) is 0 Å². The molecular formula is C46H78O16P2. The number of carbonyl (C=O) groups is 2. The molecule has 1 aliphatic carbocycles. The maximum Gasteiger partial charge on any atom is 0.472 e. The van der Waals surface area contributed by atoms with Crippen LogP contribution < -0.4 is 0 Å². The van der Waals surface area contributed by atoms with E-state index in [4.69, 9.17) is 23.8 Å². The van der Waals surface area contributed by atoms with Crippen molar-refractivity contribution in [1.29, 1.82) is 0 Å². The Morgan fingerprint density at radius 2 is 1.23 bits per heavy atom. The summed E-state index contributed by atoms with van der Waals surface area (Å²) in [7, 11) is -9.83. The third-order valence-electron chi connectivity index (χ3n) is 10.2. The smallest absolute Gasteiger partial charge is 0.462 e. The Bertz CT molecular complexity index is 1520. The number of aliphatic hydroxyl groups excluding tert-OH is 4. The summed E-state index contributed by atoms with van der Waals surface area (Å²) in [5.41, 5.74) is 0. The van der Waals surface area contributed by atoms with Crippen LogP contribution in [-0.2, 0) is 41.8 Å². The van der Waals surface area contributed by atoms with E-state index >= 15 is 0 Å². The average Bonchev–Trinajstić information content (AvgIpc) is 3.52. The summed E-state index contributed by atoms with van der Waals surface area (Å²) < 4.78 is 47.7. The maximum atomic E-state index is 12.8. The van der Waals surface area contributed by atoms with Crippen molar-refractivity contribution in [3.8, 4) is 0 Å². The van der Waals surface area contributed by atoms with Crippen molar-refractivity contribution in [3.05, 3.63) is 72.9 Å². The van der Waals surface area contributed by atoms with Gasteiger partial charge in [-0.05, 0) is 70.1 Å². The molecule has 1 fully saturated rings. The molecule has 0 aromatic heterocycles. The molecule has 64 heavy (non-hydrogen) atoms. The number of rotatable bonds is 38. The van der Waals surface area contributed by atoms with Crippen molar-refractivity contribution >= 4 is 27.6 Å². The SMILES string of the molecule is CCCCC/C=C\C/C=C\C/C=C\C/C=C\CCCCCC(=O)OC[C@H](COP(=O)(O)OC[C@@H](O)COP(=O)(O)O)OC(=O)C/C=C\C[C@H]1[C@@H](/C=C/[C@H](O)CCCCC)[C@H](O)C[C@@H]1O. The van der Waals surface area contributed by atoms with Crippen molar-refractivity contribution in [2.24, 2.45) is 11.8 Å². The van der Waals surface area contributed by atoms with Crippen LogP contribution in [0.4, 0.5) is 0 Å². The zero-order valence-electron chi connectivity index (χ0n) is 37.9. The summed E-state index contributed by atoms with van der Waals surface area (Å²) in [6.45, 7) is 1.20. The Morgan fingerprint density at radius 1 is 0.656 bits per heavy atom. The first-order valence-corrected chi connectivity index (χ1v) is 25.9. The van der Waals surface area contributed by atoms with E-state index < -0.39 is 90.4 Å². The van der Waals surface area contributed by atoms with E-state index in [1.807, 2.05) is 0 Å². The summed E-state index contributed by atoms with van der Waals surface area (Å²) >= 11 is 0. The van der Waals surface area contributed by atoms with Gasteiger partial charge in [0.25, 0.3) is 0 Å². The van der Waals surface area contributed by atoms with Gasteiger partial charge in [-0.15, -0.1) is 0 Å². The van der Waals surface area contributed by atoms with Gasteiger partial charge in [0, 0.05) is 18.8 Å². The molecular weight excluding hydrogens is 870 g/mol. The van der Waals surface area contributed by atoms with Crippen molar-refractivity contribution in [3.63, 3.8) is 0 Å². The van der Waals surface area contributed by atoms with Gasteiger partial charge in [-0.1, -0.05) is 125 Å². The summed E-state index contributed by atoms with van der Waals surface area (Å²) in [6, 6.07) is 0. The van der Waals surface area contributed by atoms with Crippen LogP contribution in [0.2, 0.25) is 0 Å². The van der Waals surface area contributed by atoms with E-state index in [-0.39, 0.29) is 25.2 Å². The highest BCUT2D eigenvalue weighted by Crippen LogP contribution is 2.44. The first-order valence-electron chi connectivity index (χ1n) is 22.9. The van der Waals surface area contributed by atoms with Gasteiger partial charge >= 0.3 is 27.6 Å². The van der Waals surface area contributed by atoms with Crippen LogP contribution in [0, 0.1) is 11.8 Å². The van der Waals surface area contributed by atoms with Crippen molar-refractivity contribution in [2.45, 2.75) is 166 Å². The van der Waals surface area contributed by atoms with E-state index in [2.05, 4.69) is 71.5 Å². The summed E-state index contributed by atoms with van der Waals surface area (Å²) in [6.07, 6.45) is 33.1. The van der Waals surface area contributed by atoms with Crippen molar-refractivity contribution in [2.75, 3.05) is 26.4 Å². The third kappa shape index (κ3) is 33.0. The molecule has 1 saturated carbocycles. The second-order valence-corrected chi connectivity index (χ2v) is 18.6. The summed E-state index contributed by atoms with van der Waals surface area (Å²) in [5, 5.41) is 41.2. The first-order chi connectivity index (χ1) is 30.6. The maximum absolute atomic E-state index is 12.8. The second-order valence-electron chi connectivity index (χ2n) is 16.0. The fraction of sp³-hybridized carbons (Fsp3) is 0.696. The summed E-state index contributed by atoms with van der Waals surface area (Å²) in [4.78, 5) is 53.0. The van der Waals surface area contributed by atoms with Crippen LogP contribution in [0.1, 0.15) is 136 Å². The monoisotopic (exact) mass is 948 g/mol. The van der Waals surface area contributed by atoms with Crippen LogP contribution in [-0.4, -0.2) is 104 Å². The topological polar surface area (TPSA) is 256 Å². The molecule has 1 unspecified atom stereocenters. The molecule has 7 N–H and O–H groups in total.